The Bertz CT molecular complexity index is 685. The van der Waals surface area contributed by atoms with E-state index >= 15 is 0 Å². The molecule has 4 heteroatoms. The summed E-state index contributed by atoms with van der Waals surface area (Å²) in [6.45, 7) is 3.87. The molecule has 21 heavy (non-hydrogen) atoms. The molecule has 0 aliphatic rings. The van der Waals surface area contributed by atoms with Crippen molar-refractivity contribution in [2.45, 2.75) is 13.8 Å². The van der Waals surface area contributed by atoms with Crippen molar-refractivity contribution < 1.29 is 4.79 Å². The molecule has 0 spiro atoms. The van der Waals surface area contributed by atoms with E-state index in [0.717, 1.165) is 16.7 Å². The lowest BCUT2D eigenvalue weighted by molar-refractivity contribution is -0.111. The third-order valence-corrected chi connectivity index (χ3v) is 3.49. The topological polar surface area (TPSA) is 29.1 Å². The zero-order valence-electron chi connectivity index (χ0n) is 11.8. The van der Waals surface area contributed by atoms with Gasteiger partial charge in [0.25, 0.3) is 0 Å². The Kier molecular flexibility index (Phi) is 5.05. The number of nitrogens with one attached hydrogen (secondary N) is 1. The third-order valence-electron chi connectivity index (χ3n) is 2.96. The molecule has 0 saturated heterocycles. The van der Waals surface area contributed by atoms with Gasteiger partial charge in [0.15, 0.2) is 0 Å². The predicted molar refractivity (Wildman–Crippen MR) is 90.0 cm³/mol. The van der Waals surface area contributed by atoms with Crippen molar-refractivity contribution in [2.24, 2.45) is 0 Å². The number of hydrogen-bond acceptors (Lipinski definition) is 1. The molecule has 2 aromatic rings. The van der Waals surface area contributed by atoms with Crippen LogP contribution in [-0.4, -0.2) is 5.91 Å². The first-order valence-corrected chi connectivity index (χ1v) is 7.22. The van der Waals surface area contributed by atoms with Crippen molar-refractivity contribution in [3.63, 3.8) is 0 Å². The second kappa shape index (κ2) is 6.79. The highest BCUT2D eigenvalue weighted by molar-refractivity contribution is 6.34. The Hall–Kier alpha value is -1.77. The first-order valence-electron chi connectivity index (χ1n) is 6.47. The maximum atomic E-state index is 12.0. The number of aryl methyl sites for hydroxylation is 2. The van der Waals surface area contributed by atoms with Gasteiger partial charge in [0.1, 0.15) is 0 Å². The molecular formula is C17H15Cl2NO. The average Bonchev–Trinajstić information content (AvgIpc) is 2.40. The van der Waals surface area contributed by atoms with E-state index in [4.69, 9.17) is 23.2 Å². The summed E-state index contributed by atoms with van der Waals surface area (Å²) in [5.41, 5.74) is 3.50. The van der Waals surface area contributed by atoms with Crippen molar-refractivity contribution in [1.29, 1.82) is 0 Å². The van der Waals surface area contributed by atoms with Gasteiger partial charge >= 0.3 is 0 Å². The third kappa shape index (κ3) is 4.35. The summed E-state index contributed by atoms with van der Waals surface area (Å²) in [4.78, 5) is 12.0. The number of anilines is 1. The molecule has 0 saturated carbocycles. The Labute approximate surface area is 134 Å². The van der Waals surface area contributed by atoms with Crippen LogP contribution in [0.4, 0.5) is 5.69 Å². The van der Waals surface area contributed by atoms with Crippen molar-refractivity contribution in [3.05, 3.63) is 69.2 Å². The summed E-state index contributed by atoms with van der Waals surface area (Å²) in [5, 5.41) is 3.97. The molecule has 108 valence electrons. The van der Waals surface area contributed by atoms with E-state index in [2.05, 4.69) is 5.32 Å². The summed E-state index contributed by atoms with van der Waals surface area (Å²) >= 11 is 12.1. The van der Waals surface area contributed by atoms with Crippen molar-refractivity contribution in [1.82, 2.24) is 0 Å². The summed E-state index contributed by atoms with van der Waals surface area (Å²) in [5.74, 6) is -0.233. The van der Waals surface area contributed by atoms with E-state index < -0.39 is 0 Å². The lowest BCUT2D eigenvalue weighted by Crippen LogP contribution is -2.09. The van der Waals surface area contributed by atoms with Gasteiger partial charge in [-0.3, -0.25) is 4.79 Å². The molecule has 0 radical (unpaired) electrons. The molecule has 0 heterocycles. The standard InChI is InChI=1S/C17H15Cl2NO/c1-11-8-12(2)17(15(19)9-11)20-16(21)7-6-13-4-3-5-14(18)10-13/h3-10H,1-2H3,(H,20,21). The lowest BCUT2D eigenvalue weighted by atomic mass is 10.1. The van der Waals surface area contributed by atoms with E-state index in [1.165, 1.54) is 6.08 Å². The molecule has 1 amide bonds. The molecule has 2 nitrogen and oxygen atoms in total. The fourth-order valence-corrected chi connectivity index (χ4v) is 2.59. The number of carbonyl (C=O) groups excluding carboxylic acids is 1. The van der Waals surface area contributed by atoms with Gasteiger partial charge in [-0.25, -0.2) is 0 Å². The molecule has 0 fully saturated rings. The Morgan fingerprint density at radius 3 is 2.57 bits per heavy atom. The molecule has 2 aromatic carbocycles. The monoisotopic (exact) mass is 319 g/mol. The number of halogens is 2. The van der Waals surface area contributed by atoms with Crippen molar-refractivity contribution >= 4 is 40.9 Å². The van der Waals surface area contributed by atoms with Crippen LogP contribution in [0.5, 0.6) is 0 Å². The zero-order chi connectivity index (χ0) is 15.4. The molecule has 0 unspecified atom stereocenters. The molecule has 0 aliphatic carbocycles. The molecule has 1 N–H and O–H groups in total. The molecular weight excluding hydrogens is 305 g/mol. The second-order valence-corrected chi connectivity index (χ2v) is 5.66. The first kappa shape index (κ1) is 15.6. The molecule has 0 aliphatic heterocycles. The normalized spacial score (nSPS) is 10.9. The minimum absolute atomic E-state index is 0.233. The summed E-state index contributed by atoms with van der Waals surface area (Å²) in [6.07, 6.45) is 3.17. The largest absolute Gasteiger partial charge is 0.321 e. The summed E-state index contributed by atoms with van der Waals surface area (Å²) < 4.78 is 0. The van der Waals surface area contributed by atoms with E-state index in [-0.39, 0.29) is 5.91 Å². The Balaban J connectivity index is 2.12. The van der Waals surface area contributed by atoms with Gasteiger partial charge < -0.3 is 5.32 Å². The van der Waals surface area contributed by atoms with Gasteiger partial charge in [0.05, 0.1) is 10.7 Å². The number of carbonyl (C=O) groups is 1. The van der Waals surface area contributed by atoms with Gasteiger partial charge in [-0.2, -0.15) is 0 Å². The van der Waals surface area contributed by atoms with Gasteiger partial charge in [0.2, 0.25) is 5.91 Å². The van der Waals surface area contributed by atoms with E-state index in [9.17, 15) is 4.79 Å². The minimum atomic E-state index is -0.233. The molecule has 0 bridgehead atoms. The number of rotatable bonds is 3. The summed E-state index contributed by atoms with van der Waals surface area (Å²) in [6, 6.07) is 11.1. The smallest absolute Gasteiger partial charge is 0.248 e. The number of amides is 1. The fraction of sp³-hybridized carbons (Fsp3) is 0.118. The molecule has 0 aromatic heterocycles. The SMILES string of the molecule is Cc1cc(C)c(NC(=O)C=Cc2cccc(Cl)c2)c(Cl)c1. The predicted octanol–water partition coefficient (Wildman–Crippen LogP) is 5.26. The minimum Gasteiger partial charge on any atom is -0.321 e. The van der Waals surface area contributed by atoms with Gasteiger partial charge in [-0.15, -0.1) is 0 Å². The van der Waals surface area contributed by atoms with E-state index in [1.54, 1.807) is 18.2 Å². The second-order valence-electron chi connectivity index (χ2n) is 4.82. The van der Waals surface area contributed by atoms with Crippen LogP contribution in [0, 0.1) is 13.8 Å². The van der Waals surface area contributed by atoms with E-state index in [0.29, 0.717) is 15.7 Å². The van der Waals surface area contributed by atoms with Crippen molar-refractivity contribution in [2.75, 3.05) is 5.32 Å². The van der Waals surface area contributed by atoms with Crippen LogP contribution in [0.1, 0.15) is 16.7 Å². The fourth-order valence-electron chi connectivity index (χ4n) is 2.02. The van der Waals surface area contributed by atoms with Crippen LogP contribution in [0.2, 0.25) is 10.0 Å². The highest BCUT2D eigenvalue weighted by atomic mass is 35.5. The zero-order valence-corrected chi connectivity index (χ0v) is 13.3. The first-order chi connectivity index (χ1) is 9.95. The van der Waals surface area contributed by atoms with Crippen LogP contribution in [0.15, 0.2) is 42.5 Å². The van der Waals surface area contributed by atoms with Crippen LogP contribution >= 0.6 is 23.2 Å². The van der Waals surface area contributed by atoms with Crippen LogP contribution in [-0.2, 0) is 4.79 Å². The van der Waals surface area contributed by atoms with Crippen molar-refractivity contribution in [3.8, 4) is 0 Å². The van der Waals surface area contributed by atoms with Gasteiger partial charge in [-0.1, -0.05) is 41.4 Å². The van der Waals surface area contributed by atoms with Gasteiger partial charge in [0, 0.05) is 11.1 Å². The molecule has 0 atom stereocenters. The van der Waals surface area contributed by atoms with Crippen LogP contribution in [0.25, 0.3) is 6.08 Å². The number of benzene rings is 2. The maximum Gasteiger partial charge on any atom is 0.248 e. The van der Waals surface area contributed by atoms with Gasteiger partial charge in [-0.05, 0) is 54.8 Å². The lowest BCUT2D eigenvalue weighted by Gasteiger charge is -2.10. The summed E-state index contributed by atoms with van der Waals surface area (Å²) in [7, 11) is 0. The molecule has 2 rings (SSSR count). The highest BCUT2D eigenvalue weighted by Gasteiger charge is 2.07. The van der Waals surface area contributed by atoms with Crippen LogP contribution < -0.4 is 5.32 Å². The van der Waals surface area contributed by atoms with E-state index in [1.807, 2.05) is 38.1 Å². The Morgan fingerprint density at radius 1 is 1.14 bits per heavy atom. The maximum absolute atomic E-state index is 12.0. The quantitative estimate of drug-likeness (QED) is 0.768. The average molecular weight is 320 g/mol. The Morgan fingerprint density at radius 2 is 1.90 bits per heavy atom. The van der Waals surface area contributed by atoms with Crippen LogP contribution in [0.3, 0.4) is 0 Å². The highest BCUT2D eigenvalue weighted by Crippen LogP contribution is 2.27. The number of hydrogen-bond donors (Lipinski definition) is 1.